The summed E-state index contributed by atoms with van der Waals surface area (Å²) < 4.78 is 46.4. The zero-order valence-corrected chi connectivity index (χ0v) is 11.5. The molecule has 0 aromatic carbocycles. The van der Waals surface area contributed by atoms with Crippen LogP contribution in [0.3, 0.4) is 0 Å². The minimum atomic E-state index is -4.24. The summed E-state index contributed by atoms with van der Waals surface area (Å²) in [5.74, 6) is 0.974. The molecule has 1 heterocycles. The van der Waals surface area contributed by atoms with Crippen molar-refractivity contribution in [1.29, 1.82) is 0 Å². The van der Waals surface area contributed by atoms with Crippen molar-refractivity contribution in [1.82, 2.24) is 9.97 Å². The minimum Gasteiger partial charge on any atom is -0.477 e. The van der Waals surface area contributed by atoms with E-state index in [1.54, 1.807) is 0 Å². The van der Waals surface area contributed by atoms with Gasteiger partial charge in [0.2, 0.25) is 5.88 Å². The molecule has 0 atom stereocenters. The maximum absolute atomic E-state index is 12.1. The van der Waals surface area contributed by atoms with Crippen LogP contribution in [0.2, 0.25) is 0 Å². The van der Waals surface area contributed by atoms with Crippen molar-refractivity contribution in [2.45, 2.75) is 33.1 Å². The van der Waals surface area contributed by atoms with E-state index in [1.807, 2.05) is 13.8 Å². The Kier molecular flexibility index (Phi) is 6.50. The van der Waals surface area contributed by atoms with Gasteiger partial charge < -0.3 is 14.8 Å². The van der Waals surface area contributed by atoms with Gasteiger partial charge in [0.25, 0.3) is 0 Å². The van der Waals surface area contributed by atoms with E-state index in [2.05, 4.69) is 15.3 Å². The van der Waals surface area contributed by atoms with Crippen LogP contribution in [-0.4, -0.2) is 35.9 Å². The van der Waals surface area contributed by atoms with Gasteiger partial charge in [-0.3, -0.25) is 0 Å². The number of alkyl halides is 3. The number of hydrogen-bond acceptors (Lipinski definition) is 5. The monoisotopic (exact) mass is 293 g/mol. The Labute approximate surface area is 115 Å². The third-order valence-electron chi connectivity index (χ3n) is 2.18. The molecule has 20 heavy (non-hydrogen) atoms. The SMILES string of the molecule is CCNc1cc(OCCC(F)(F)F)nc(COCC)n1. The summed E-state index contributed by atoms with van der Waals surface area (Å²) in [7, 11) is 0. The molecule has 0 fully saturated rings. The highest BCUT2D eigenvalue weighted by atomic mass is 19.4. The van der Waals surface area contributed by atoms with Gasteiger partial charge in [-0.05, 0) is 13.8 Å². The van der Waals surface area contributed by atoms with Crippen molar-refractivity contribution in [3.63, 3.8) is 0 Å². The van der Waals surface area contributed by atoms with Gasteiger partial charge in [-0.1, -0.05) is 0 Å². The lowest BCUT2D eigenvalue weighted by Crippen LogP contribution is -2.14. The smallest absolute Gasteiger partial charge is 0.392 e. The number of aromatic nitrogens is 2. The number of hydrogen-bond donors (Lipinski definition) is 1. The van der Waals surface area contributed by atoms with E-state index in [-0.39, 0.29) is 12.5 Å². The Morgan fingerprint density at radius 1 is 1.25 bits per heavy atom. The van der Waals surface area contributed by atoms with Gasteiger partial charge in [-0.25, -0.2) is 4.98 Å². The van der Waals surface area contributed by atoms with Crippen LogP contribution in [-0.2, 0) is 11.3 Å². The van der Waals surface area contributed by atoms with Crippen LogP contribution < -0.4 is 10.1 Å². The number of halogens is 3. The molecule has 0 spiro atoms. The number of nitrogens with one attached hydrogen (secondary N) is 1. The Balaban J connectivity index is 2.69. The molecular formula is C12H18F3N3O2. The van der Waals surface area contributed by atoms with Crippen molar-refractivity contribution >= 4 is 5.82 Å². The van der Waals surface area contributed by atoms with E-state index in [4.69, 9.17) is 9.47 Å². The molecule has 0 radical (unpaired) electrons. The summed E-state index contributed by atoms with van der Waals surface area (Å²) in [6.45, 7) is 4.56. The summed E-state index contributed by atoms with van der Waals surface area (Å²) >= 11 is 0. The van der Waals surface area contributed by atoms with Gasteiger partial charge >= 0.3 is 6.18 Å². The number of ether oxygens (including phenoxy) is 2. The molecule has 0 aliphatic heterocycles. The first-order chi connectivity index (χ1) is 9.44. The maximum Gasteiger partial charge on any atom is 0.392 e. The molecule has 1 aromatic rings. The van der Waals surface area contributed by atoms with Crippen molar-refractivity contribution in [2.75, 3.05) is 25.1 Å². The van der Waals surface area contributed by atoms with Crippen LogP contribution in [0.1, 0.15) is 26.1 Å². The standard InChI is InChI=1S/C12H18F3N3O2/c1-3-16-9-7-11(20-6-5-12(13,14)15)18-10(17-9)8-19-4-2/h7H,3-6,8H2,1-2H3,(H,16,17,18). The first kappa shape index (κ1) is 16.5. The normalized spacial score (nSPS) is 11.4. The Morgan fingerprint density at radius 2 is 2.00 bits per heavy atom. The van der Waals surface area contributed by atoms with Crippen LogP contribution in [0.25, 0.3) is 0 Å². The molecule has 114 valence electrons. The first-order valence-electron chi connectivity index (χ1n) is 6.33. The highest BCUT2D eigenvalue weighted by Crippen LogP contribution is 2.20. The van der Waals surface area contributed by atoms with Gasteiger partial charge in [0, 0.05) is 19.2 Å². The molecule has 0 saturated carbocycles. The molecule has 0 aliphatic rings. The zero-order valence-electron chi connectivity index (χ0n) is 11.5. The zero-order chi connectivity index (χ0) is 15.0. The third-order valence-corrected chi connectivity index (χ3v) is 2.18. The third kappa shape index (κ3) is 6.55. The van der Waals surface area contributed by atoms with Gasteiger partial charge in [0.05, 0.1) is 13.0 Å². The van der Waals surface area contributed by atoms with Crippen LogP contribution in [0.5, 0.6) is 5.88 Å². The quantitative estimate of drug-likeness (QED) is 0.798. The van der Waals surface area contributed by atoms with Gasteiger partial charge in [-0.2, -0.15) is 18.2 Å². The van der Waals surface area contributed by atoms with Crippen LogP contribution in [0.15, 0.2) is 6.07 Å². The van der Waals surface area contributed by atoms with E-state index in [1.165, 1.54) is 6.07 Å². The molecule has 0 aliphatic carbocycles. The van der Waals surface area contributed by atoms with E-state index < -0.39 is 19.2 Å². The molecule has 5 nitrogen and oxygen atoms in total. The number of rotatable bonds is 8. The lowest BCUT2D eigenvalue weighted by molar-refractivity contribution is -0.139. The predicted molar refractivity (Wildman–Crippen MR) is 67.7 cm³/mol. The average Bonchev–Trinajstić information content (AvgIpc) is 2.35. The number of nitrogens with zero attached hydrogens (tertiary/aromatic N) is 2. The van der Waals surface area contributed by atoms with E-state index >= 15 is 0 Å². The fourth-order valence-corrected chi connectivity index (χ4v) is 1.35. The second-order valence-electron chi connectivity index (χ2n) is 3.89. The van der Waals surface area contributed by atoms with Crippen LogP contribution in [0, 0.1) is 0 Å². The second-order valence-corrected chi connectivity index (χ2v) is 3.89. The minimum absolute atomic E-state index is 0.106. The molecule has 0 unspecified atom stereocenters. The van der Waals surface area contributed by atoms with E-state index in [0.717, 1.165) is 0 Å². The van der Waals surface area contributed by atoms with Crippen LogP contribution in [0.4, 0.5) is 19.0 Å². The molecule has 1 aromatic heterocycles. The van der Waals surface area contributed by atoms with E-state index in [0.29, 0.717) is 24.8 Å². The molecule has 0 bridgehead atoms. The van der Waals surface area contributed by atoms with Crippen molar-refractivity contribution < 1.29 is 22.6 Å². The molecule has 1 N–H and O–H groups in total. The van der Waals surface area contributed by atoms with Crippen molar-refractivity contribution in [3.05, 3.63) is 11.9 Å². The summed E-state index contributed by atoms with van der Waals surface area (Å²) in [4.78, 5) is 8.18. The van der Waals surface area contributed by atoms with Gasteiger partial charge in [0.15, 0.2) is 5.82 Å². The van der Waals surface area contributed by atoms with Crippen molar-refractivity contribution in [2.24, 2.45) is 0 Å². The lowest BCUT2D eigenvalue weighted by Gasteiger charge is -2.11. The summed E-state index contributed by atoms with van der Waals surface area (Å²) in [6.07, 6.45) is -5.26. The van der Waals surface area contributed by atoms with Crippen molar-refractivity contribution in [3.8, 4) is 5.88 Å². The number of anilines is 1. The first-order valence-corrected chi connectivity index (χ1v) is 6.33. The molecule has 8 heteroatoms. The highest BCUT2D eigenvalue weighted by molar-refractivity contribution is 5.38. The highest BCUT2D eigenvalue weighted by Gasteiger charge is 2.27. The topological polar surface area (TPSA) is 56.3 Å². The second kappa shape index (κ2) is 7.88. The Bertz CT molecular complexity index is 413. The van der Waals surface area contributed by atoms with Crippen LogP contribution >= 0.6 is 0 Å². The van der Waals surface area contributed by atoms with E-state index in [9.17, 15) is 13.2 Å². The van der Waals surface area contributed by atoms with Gasteiger partial charge in [-0.15, -0.1) is 0 Å². The lowest BCUT2D eigenvalue weighted by atomic mass is 10.4. The summed E-state index contributed by atoms with van der Waals surface area (Å²) in [5, 5.41) is 2.96. The summed E-state index contributed by atoms with van der Waals surface area (Å²) in [6, 6.07) is 1.47. The van der Waals surface area contributed by atoms with Gasteiger partial charge in [0.1, 0.15) is 12.4 Å². The fraction of sp³-hybridized carbons (Fsp3) is 0.667. The molecule has 0 amide bonds. The Morgan fingerprint density at radius 3 is 2.60 bits per heavy atom. The average molecular weight is 293 g/mol. The fourth-order valence-electron chi connectivity index (χ4n) is 1.35. The molecule has 0 saturated heterocycles. The Hall–Kier alpha value is -1.57. The molecule has 1 rings (SSSR count). The molecular weight excluding hydrogens is 275 g/mol. The summed E-state index contributed by atoms with van der Waals surface area (Å²) in [5.41, 5.74) is 0. The predicted octanol–water partition coefficient (Wildman–Crippen LogP) is 2.78. The maximum atomic E-state index is 12.1. The largest absolute Gasteiger partial charge is 0.477 e.